The third-order valence-electron chi connectivity index (χ3n) is 5.11. The summed E-state index contributed by atoms with van der Waals surface area (Å²) in [6, 6.07) is 5.85. The van der Waals surface area contributed by atoms with Crippen LogP contribution in [-0.4, -0.2) is 43.6 Å². The Morgan fingerprint density at radius 1 is 1.12 bits per heavy atom. The molecule has 1 aliphatic rings. The van der Waals surface area contributed by atoms with E-state index in [9.17, 15) is 4.79 Å². The van der Waals surface area contributed by atoms with Crippen LogP contribution in [0.2, 0.25) is 0 Å². The highest BCUT2D eigenvalue weighted by Crippen LogP contribution is 2.23. The number of aryl methyl sites for hydroxylation is 3. The van der Waals surface area contributed by atoms with Gasteiger partial charge < -0.3 is 4.90 Å². The van der Waals surface area contributed by atoms with Crippen molar-refractivity contribution in [3.63, 3.8) is 0 Å². The maximum absolute atomic E-state index is 13.0. The van der Waals surface area contributed by atoms with Crippen molar-refractivity contribution in [1.29, 1.82) is 0 Å². The molecule has 0 N–H and O–H groups in total. The van der Waals surface area contributed by atoms with Crippen molar-refractivity contribution < 1.29 is 4.79 Å². The molecule has 0 spiro atoms. The zero-order valence-electron chi connectivity index (χ0n) is 15.4. The average molecular weight is 349 g/mol. The molecule has 6 heteroatoms. The molecular weight excluding hydrogens is 326 g/mol. The first kappa shape index (κ1) is 16.7. The van der Waals surface area contributed by atoms with E-state index in [2.05, 4.69) is 21.3 Å². The van der Waals surface area contributed by atoms with Crippen molar-refractivity contribution in [3.05, 3.63) is 53.1 Å². The molecule has 1 saturated heterocycles. The second-order valence-corrected chi connectivity index (χ2v) is 7.14. The predicted molar refractivity (Wildman–Crippen MR) is 100 cm³/mol. The molecule has 1 aliphatic heterocycles. The quantitative estimate of drug-likeness (QED) is 0.712. The summed E-state index contributed by atoms with van der Waals surface area (Å²) in [6.07, 6.45) is 5.95. The molecule has 1 aromatic carbocycles. The summed E-state index contributed by atoms with van der Waals surface area (Å²) in [5, 5.41) is 4.43. The van der Waals surface area contributed by atoms with Crippen molar-refractivity contribution >= 4 is 16.9 Å². The van der Waals surface area contributed by atoms with Gasteiger partial charge in [0.25, 0.3) is 5.91 Å². The fourth-order valence-corrected chi connectivity index (χ4v) is 3.53. The van der Waals surface area contributed by atoms with E-state index in [1.807, 2.05) is 54.7 Å². The fourth-order valence-electron chi connectivity index (χ4n) is 3.53. The molecule has 1 amide bonds. The van der Waals surface area contributed by atoms with Gasteiger partial charge in [0.1, 0.15) is 0 Å². The molecule has 1 fully saturated rings. The number of nitrogens with zero attached hydrogens (tertiary/aromatic N) is 5. The molecular formula is C20H23N5O. The smallest absolute Gasteiger partial charge is 0.254 e. The number of hydrogen-bond donors (Lipinski definition) is 0. The summed E-state index contributed by atoms with van der Waals surface area (Å²) in [4.78, 5) is 24.1. The van der Waals surface area contributed by atoms with Crippen molar-refractivity contribution in [3.8, 4) is 0 Å². The van der Waals surface area contributed by atoms with Crippen molar-refractivity contribution in [2.24, 2.45) is 0 Å². The van der Waals surface area contributed by atoms with Crippen LogP contribution < -0.4 is 0 Å². The van der Waals surface area contributed by atoms with Gasteiger partial charge in [-0.2, -0.15) is 5.10 Å². The van der Waals surface area contributed by atoms with Gasteiger partial charge in [-0.05, 0) is 57.4 Å². The first-order valence-electron chi connectivity index (χ1n) is 9.06. The fraction of sp³-hybridized carbons (Fsp3) is 0.400. The SMILES string of the molecule is Cc1cnn([C@@H]2CCCN(C(=O)c3ccc4nc(C)c(C)nc4c3)C2)c1. The first-order valence-corrected chi connectivity index (χ1v) is 9.06. The Hall–Kier alpha value is -2.76. The van der Waals surface area contributed by atoms with Crippen LogP contribution in [0.25, 0.3) is 11.0 Å². The van der Waals surface area contributed by atoms with Crippen LogP contribution in [0.5, 0.6) is 0 Å². The largest absolute Gasteiger partial charge is 0.337 e. The number of hydrogen-bond acceptors (Lipinski definition) is 4. The number of rotatable bonds is 2. The van der Waals surface area contributed by atoms with Crippen LogP contribution in [0.1, 0.15) is 46.2 Å². The van der Waals surface area contributed by atoms with Crippen molar-refractivity contribution in [2.45, 2.75) is 39.7 Å². The Labute approximate surface area is 152 Å². The molecule has 1 atom stereocenters. The lowest BCUT2D eigenvalue weighted by atomic mass is 10.0. The molecule has 0 unspecified atom stereocenters. The lowest BCUT2D eigenvalue weighted by molar-refractivity contribution is 0.0673. The highest BCUT2D eigenvalue weighted by atomic mass is 16.2. The molecule has 6 nitrogen and oxygen atoms in total. The van der Waals surface area contributed by atoms with E-state index in [1.54, 1.807) is 0 Å². The summed E-state index contributed by atoms with van der Waals surface area (Å²) in [5.74, 6) is 0.0560. The van der Waals surface area contributed by atoms with E-state index in [4.69, 9.17) is 0 Å². The molecule has 4 rings (SSSR count). The zero-order chi connectivity index (χ0) is 18.3. The van der Waals surface area contributed by atoms with Gasteiger partial charge in [0.05, 0.1) is 34.7 Å². The Morgan fingerprint density at radius 2 is 1.88 bits per heavy atom. The van der Waals surface area contributed by atoms with Gasteiger partial charge in [-0.15, -0.1) is 0 Å². The second kappa shape index (κ2) is 6.52. The van der Waals surface area contributed by atoms with E-state index in [-0.39, 0.29) is 11.9 Å². The minimum absolute atomic E-state index is 0.0560. The monoisotopic (exact) mass is 349 g/mol. The number of carbonyl (C=O) groups excluding carboxylic acids is 1. The highest BCUT2D eigenvalue weighted by molar-refractivity contribution is 5.97. The molecule has 3 aromatic rings. The third kappa shape index (κ3) is 3.07. The number of benzene rings is 1. The third-order valence-corrected chi connectivity index (χ3v) is 5.11. The Balaban J connectivity index is 1.58. The van der Waals surface area contributed by atoms with E-state index < -0.39 is 0 Å². The van der Waals surface area contributed by atoms with E-state index in [0.29, 0.717) is 12.1 Å². The predicted octanol–water partition coefficient (Wildman–Crippen LogP) is 3.23. The molecule has 26 heavy (non-hydrogen) atoms. The molecule has 0 aliphatic carbocycles. The number of carbonyl (C=O) groups is 1. The van der Waals surface area contributed by atoms with Crippen LogP contribution in [-0.2, 0) is 0 Å². The maximum Gasteiger partial charge on any atom is 0.254 e. The van der Waals surface area contributed by atoms with Gasteiger partial charge in [0.15, 0.2) is 0 Å². The van der Waals surface area contributed by atoms with Gasteiger partial charge in [0, 0.05) is 24.8 Å². The van der Waals surface area contributed by atoms with Gasteiger partial charge in [-0.3, -0.25) is 9.48 Å². The van der Waals surface area contributed by atoms with Crippen molar-refractivity contribution in [2.75, 3.05) is 13.1 Å². The standard InChI is InChI=1S/C20H23N5O/c1-13-10-21-25(11-13)17-5-4-8-24(12-17)20(26)16-6-7-18-19(9-16)23-15(3)14(2)22-18/h6-7,9-11,17H,4-5,8,12H2,1-3H3/t17-/m1/s1. The summed E-state index contributed by atoms with van der Waals surface area (Å²) in [5.41, 5.74) is 5.24. The van der Waals surface area contributed by atoms with E-state index in [1.165, 1.54) is 0 Å². The minimum Gasteiger partial charge on any atom is -0.337 e. The average Bonchev–Trinajstić information content (AvgIpc) is 3.08. The van der Waals surface area contributed by atoms with Crippen LogP contribution in [0, 0.1) is 20.8 Å². The number of amides is 1. The Kier molecular flexibility index (Phi) is 4.18. The van der Waals surface area contributed by atoms with Gasteiger partial charge in [0.2, 0.25) is 0 Å². The highest BCUT2D eigenvalue weighted by Gasteiger charge is 2.26. The number of fused-ring (bicyclic) bond motifs is 1. The zero-order valence-corrected chi connectivity index (χ0v) is 15.4. The van der Waals surface area contributed by atoms with Crippen LogP contribution in [0.3, 0.4) is 0 Å². The molecule has 3 heterocycles. The number of piperidine rings is 1. The first-order chi connectivity index (χ1) is 12.5. The topological polar surface area (TPSA) is 63.9 Å². The number of likely N-dealkylation sites (tertiary alicyclic amines) is 1. The summed E-state index contributed by atoms with van der Waals surface area (Å²) in [6.45, 7) is 7.40. The van der Waals surface area contributed by atoms with E-state index >= 15 is 0 Å². The molecule has 0 radical (unpaired) electrons. The van der Waals surface area contributed by atoms with Crippen LogP contribution in [0.4, 0.5) is 0 Å². The number of aromatic nitrogens is 4. The molecule has 0 saturated carbocycles. The summed E-state index contributed by atoms with van der Waals surface area (Å²) >= 11 is 0. The normalized spacial score (nSPS) is 17.7. The summed E-state index contributed by atoms with van der Waals surface area (Å²) in [7, 11) is 0. The molecule has 0 bridgehead atoms. The van der Waals surface area contributed by atoms with Crippen LogP contribution >= 0.6 is 0 Å². The lowest BCUT2D eigenvalue weighted by Gasteiger charge is -2.33. The van der Waals surface area contributed by atoms with Crippen molar-refractivity contribution in [1.82, 2.24) is 24.6 Å². The van der Waals surface area contributed by atoms with Gasteiger partial charge >= 0.3 is 0 Å². The van der Waals surface area contributed by atoms with Gasteiger partial charge in [-0.25, -0.2) is 9.97 Å². The Bertz CT molecular complexity index is 977. The molecule has 134 valence electrons. The minimum atomic E-state index is 0.0560. The molecule has 2 aromatic heterocycles. The Morgan fingerprint density at radius 3 is 2.62 bits per heavy atom. The van der Waals surface area contributed by atoms with Gasteiger partial charge in [-0.1, -0.05) is 0 Å². The summed E-state index contributed by atoms with van der Waals surface area (Å²) < 4.78 is 1.99. The maximum atomic E-state index is 13.0. The van der Waals surface area contributed by atoms with E-state index in [0.717, 1.165) is 47.4 Å². The van der Waals surface area contributed by atoms with Crippen LogP contribution in [0.15, 0.2) is 30.6 Å². The second-order valence-electron chi connectivity index (χ2n) is 7.14. The lowest BCUT2D eigenvalue weighted by Crippen LogP contribution is -2.40.